The number of phenolic OH excluding ortho intramolecular Hbond substituents is 1. The number of hydrogen-bond donors (Lipinski definition) is 1. The quantitative estimate of drug-likeness (QED) is 0.724. The Morgan fingerprint density at radius 3 is 2.58 bits per heavy atom. The Kier molecular flexibility index (Phi) is 5.76. The van der Waals surface area contributed by atoms with Crippen LogP contribution in [0.2, 0.25) is 0 Å². The van der Waals surface area contributed by atoms with Crippen LogP contribution in [0.15, 0.2) is 42.5 Å². The molecule has 0 bridgehead atoms. The lowest BCUT2D eigenvalue weighted by Crippen LogP contribution is -2.19. The van der Waals surface area contributed by atoms with Gasteiger partial charge in [0, 0.05) is 19.6 Å². The number of hydrogen-bond acceptors (Lipinski definition) is 3. The number of rotatable bonds is 8. The third-order valence-electron chi connectivity index (χ3n) is 4.64. The average Bonchev–Trinajstić information content (AvgIpc) is 3.00. The first-order chi connectivity index (χ1) is 11.7. The Labute approximate surface area is 144 Å². The molecule has 0 amide bonds. The predicted octanol–water partition coefficient (Wildman–Crippen LogP) is 4.52. The van der Waals surface area contributed by atoms with Gasteiger partial charge in [-0.15, -0.1) is 0 Å². The van der Waals surface area contributed by atoms with Gasteiger partial charge in [0.1, 0.15) is 11.5 Å². The van der Waals surface area contributed by atoms with Gasteiger partial charge in [0.05, 0.1) is 6.61 Å². The van der Waals surface area contributed by atoms with Gasteiger partial charge >= 0.3 is 0 Å². The topological polar surface area (TPSA) is 32.7 Å². The molecule has 0 aromatic heterocycles. The van der Waals surface area contributed by atoms with Crippen LogP contribution in [0.3, 0.4) is 0 Å². The molecular weight excluding hydrogens is 298 g/mol. The van der Waals surface area contributed by atoms with Crippen molar-refractivity contribution in [2.45, 2.75) is 45.7 Å². The third kappa shape index (κ3) is 4.51. The molecule has 1 N–H and O–H groups in total. The molecule has 2 aromatic rings. The fraction of sp³-hybridized carbons (Fsp3) is 0.429. The molecule has 0 saturated carbocycles. The maximum absolute atomic E-state index is 9.35. The zero-order valence-electron chi connectivity index (χ0n) is 14.5. The highest BCUT2D eigenvalue weighted by atomic mass is 16.5. The molecular formula is C21H27NO2. The van der Waals surface area contributed by atoms with Crippen LogP contribution in [-0.2, 0) is 19.5 Å². The minimum absolute atomic E-state index is 0.332. The molecule has 1 heterocycles. The van der Waals surface area contributed by atoms with E-state index in [9.17, 15) is 5.11 Å². The molecule has 0 fully saturated rings. The maximum atomic E-state index is 9.35. The van der Waals surface area contributed by atoms with Crippen molar-refractivity contribution in [2.24, 2.45) is 0 Å². The summed E-state index contributed by atoms with van der Waals surface area (Å²) in [5.41, 5.74) is 4.08. The van der Waals surface area contributed by atoms with Crippen molar-refractivity contribution < 1.29 is 9.84 Å². The standard InChI is InChI=1S/C21H27NO2/c1-2-3-4-13-24-21-10-7-18-15-22(16-19(18)14-21)12-11-17-5-8-20(23)9-6-17/h5-10,14,23H,2-4,11-13,15-16H2,1H3. The molecule has 3 heteroatoms. The van der Waals surface area contributed by atoms with Crippen LogP contribution in [0.25, 0.3) is 0 Å². The molecule has 0 spiro atoms. The number of phenols is 1. The summed E-state index contributed by atoms with van der Waals surface area (Å²) >= 11 is 0. The molecule has 24 heavy (non-hydrogen) atoms. The Balaban J connectivity index is 1.50. The van der Waals surface area contributed by atoms with Crippen molar-refractivity contribution in [3.63, 3.8) is 0 Å². The minimum Gasteiger partial charge on any atom is -0.508 e. The van der Waals surface area contributed by atoms with Crippen molar-refractivity contribution in [1.82, 2.24) is 4.90 Å². The van der Waals surface area contributed by atoms with Crippen LogP contribution in [0.4, 0.5) is 0 Å². The van der Waals surface area contributed by atoms with Crippen molar-refractivity contribution in [3.05, 3.63) is 59.2 Å². The molecule has 3 rings (SSSR count). The summed E-state index contributed by atoms with van der Waals surface area (Å²) in [5, 5.41) is 9.35. The fourth-order valence-electron chi connectivity index (χ4n) is 3.18. The number of fused-ring (bicyclic) bond motifs is 1. The van der Waals surface area contributed by atoms with Crippen LogP contribution < -0.4 is 4.74 Å². The first kappa shape index (κ1) is 16.8. The van der Waals surface area contributed by atoms with Gasteiger partial charge in [-0.05, 0) is 53.8 Å². The van der Waals surface area contributed by atoms with E-state index in [1.165, 1.54) is 29.5 Å². The van der Waals surface area contributed by atoms with Crippen LogP contribution >= 0.6 is 0 Å². The van der Waals surface area contributed by atoms with Gasteiger partial charge in [-0.2, -0.15) is 0 Å². The number of aromatic hydroxyl groups is 1. The summed E-state index contributed by atoms with van der Waals surface area (Å²) < 4.78 is 5.87. The molecule has 0 saturated heterocycles. The number of ether oxygens (including phenoxy) is 1. The van der Waals surface area contributed by atoms with E-state index in [2.05, 4.69) is 30.0 Å². The largest absolute Gasteiger partial charge is 0.508 e. The molecule has 1 aliphatic rings. The fourth-order valence-corrected chi connectivity index (χ4v) is 3.18. The highest BCUT2D eigenvalue weighted by Gasteiger charge is 2.19. The summed E-state index contributed by atoms with van der Waals surface area (Å²) in [6.07, 6.45) is 4.60. The Morgan fingerprint density at radius 1 is 1.00 bits per heavy atom. The van der Waals surface area contributed by atoms with E-state index in [1.54, 1.807) is 12.1 Å². The highest BCUT2D eigenvalue weighted by molar-refractivity contribution is 5.38. The van der Waals surface area contributed by atoms with E-state index in [1.807, 2.05) is 12.1 Å². The van der Waals surface area contributed by atoms with Crippen LogP contribution in [0.5, 0.6) is 11.5 Å². The maximum Gasteiger partial charge on any atom is 0.119 e. The Hall–Kier alpha value is -2.00. The normalized spacial score (nSPS) is 13.9. The smallest absolute Gasteiger partial charge is 0.119 e. The molecule has 0 aliphatic carbocycles. The highest BCUT2D eigenvalue weighted by Crippen LogP contribution is 2.27. The lowest BCUT2D eigenvalue weighted by molar-refractivity contribution is 0.287. The van der Waals surface area contributed by atoms with Crippen LogP contribution in [0.1, 0.15) is 42.9 Å². The van der Waals surface area contributed by atoms with Gasteiger partial charge in [0.15, 0.2) is 0 Å². The van der Waals surface area contributed by atoms with E-state index >= 15 is 0 Å². The second-order valence-corrected chi connectivity index (χ2v) is 6.61. The first-order valence-corrected chi connectivity index (χ1v) is 8.99. The molecule has 0 radical (unpaired) electrons. The first-order valence-electron chi connectivity index (χ1n) is 8.99. The van der Waals surface area contributed by atoms with Crippen molar-refractivity contribution >= 4 is 0 Å². The molecule has 0 atom stereocenters. The number of unbranched alkanes of at least 4 members (excludes halogenated alkanes) is 2. The zero-order valence-corrected chi connectivity index (χ0v) is 14.5. The molecule has 128 valence electrons. The predicted molar refractivity (Wildman–Crippen MR) is 97.4 cm³/mol. The lowest BCUT2D eigenvalue weighted by atomic mass is 10.1. The molecule has 2 aromatic carbocycles. The van der Waals surface area contributed by atoms with Crippen LogP contribution in [-0.4, -0.2) is 23.2 Å². The summed E-state index contributed by atoms with van der Waals surface area (Å²) in [4.78, 5) is 2.47. The van der Waals surface area contributed by atoms with E-state index in [0.717, 1.165) is 44.8 Å². The summed E-state index contributed by atoms with van der Waals surface area (Å²) in [5.74, 6) is 1.34. The van der Waals surface area contributed by atoms with E-state index < -0.39 is 0 Å². The van der Waals surface area contributed by atoms with Crippen LogP contribution in [0, 0.1) is 0 Å². The van der Waals surface area contributed by atoms with Gasteiger partial charge in [-0.3, -0.25) is 4.90 Å². The van der Waals surface area contributed by atoms with Crippen molar-refractivity contribution in [3.8, 4) is 11.5 Å². The lowest BCUT2D eigenvalue weighted by Gasteiger charge is -2.14. The van der Waals surface area contributed by atoms with Gasteiger partial charge in [0.25, 0.3) is 0 Å². The Morgan fingerprint density at radius 2 is 1.79 bits per heavy atom. The van der Waals surface area contributed by atoms with E-state index in [0.29, 0.717) is 5.75 Å². The van der Waals surface area contributed by atoms with Gasteiger partial charge in [-0.1, -0.05) is 38.0 Å². The number of nitrogens with zero attached hydrogens (tertiary/aromatic N) is 1. The second kappa shape index (κ2) is 8.20. The zero-order chi connectivity index (χ0) is 16.8. The van der Waals surface area contributed by atoms with Crippen molar-refractivity contribution in [2.75, 3.05) is 13.2 Å². The summed E-state index contributed by atoms with van der Waals surface area (Å²) in [6, 6.07) is 14.1. The van der Waals surface area contributed by atoms with E-state index in [-0.39, 0.29) is 0 Å². The molecule has 0 unspecified atom stereocenters. The monoisotopic (exact) mass is 325 g/mol. The SMILES string of the molecule is CCCCCOc1ccc2c(c1)CN(CCc1ccc(O)cc1)C2. The third-order valence-corrected chi connectivity index (χ3v) is 4.64. The van der Waals surface area contributed by atoms with E-state index in [4.69, 9.17) is 4.74 Å². The van der Waals surface area contributed by atoms with Crippen molar-refractivity contribution in [1.29, 1.82) is 0 Å². The van der Waals surface area contributed by atoms with Gasteiger partial charge < -0.3 is 9.84 Å². The molecule has 3 nitrogen and oxygen atoms in total. The molecule has 1 aliphatic heterocycles. The average molecular weight is 325 g/mol. The number of benzene rings is 2. The summed E-state index contributed by atoms with van der Waals surface area (Å²) in [6.45, 7) is 6.08. The minimum atomic E-state index is 0.332. The van der Waals surface area contributed by atoms with Gasteiger partial charge in [0.2, 0.25) is 0 Å². The second-order valence-electron chi connectivity index (χ2n) is 6.61. The summed E-state index contributed by atoms with van der Waals surface area (Å²) in [7, 11) is 0. The van der Waals surface area contributed by atoms with Gasteiger partial charge in [-0.25, -0.2) is 0 Å². The Bertz CT molecular complexity index is 651.